The molecule has 4 nitrogen and oxygen atoms in total. The molecule has 0 saturated carbocycles. The molecule has 1 atom stereocenters. The van der Waals surface area contributed by atoms with Crippen molar-refractivity contribution in [3.05, 3.63) is 23.7 Å². The second kappa shape index (κ2) is 6.61. The number of thioether (sulfide) groups is 1. The van der Waals surface area contributed by atoms with Crippen LogP contribution in [0.2, 0.25) is 0 Å². The van der Waals surface area contributed by atoms with E-state index in [1.165, 1.54) is 12.1 Å². The number of nitrogens with one attached hydrogen (secondary N) is 1. The van der Waals surface area contributed by atoms with Crippen LogP contribution in [0.25, 0.3) is 0 Å². The lowest BCUT2D eigenvalue weighted by Gasteiger charge is -2.08. The number of rotatable bonds is 6. The highest BCUT2D eigenvalue weighted by molar-refractivity contribution is 7.98. The van der Waals surface area contributed by atoms with Crippen LogP contribution in [-0.4, -0.2) is 29.4 Å². The summed E-state index contributed by atoms with van der Waals surface area (Å²) in [6, 6.07) is 2.51. The third-order valence-corrected chi connectivity index (χ3v) is 2.59. The molecule has 0 fully saturated rings. The summed E-state index contributed by atoms with van der Waals surface area (Å²) >= 11 is 0.429. The van der Waals surface area contributed by atoms with Crippen molar-refractivity contribution >= 4 is 17.7 Å². The molecule has 1 amide bonds. The molecule has 7 heteroatoms. The van der Waals surface area contributed by atoms with Gasteiger partial charge in [0.05, 0.1) is 12.4 Å². The Balaban J connectivity index is 2.52. The van der Waals surface area contributed by atoms with Crippen LogP contribution in [0.5, 0.6) is 0 Å². The van der Waals surface area contributed by atoms with Crippen molar-refractivity contribution in [2.75, 3.05) is 6.61 Å². The van der Waals surface area contributed by atoms with E-state index in [2.05, 4.69) is 5.32 Å². The number of carbonyl (C=O) groups is 1. The Morgan fingerprint density at radius 3 is 2.88 bits per heavy atom. The fourth-order valence-electron chi connectivity index (χ4n) is 1.06. The van der Waals surface area contributed by atoms with Gasteiger partial charge in [-0.3, -0.25) is 4.79 Å². The lowest BCUT2D eigenvalue weighted by atomic mass is 10.3. The van der Waals surface area contributed by atoms with Crippen molar-refractivity contribution in [1.29, 1.82) is 0 Å². The van der Waals surface area contributed by atoms with Gasteiger partial charge in [-0.2, -0.15) is 8.78 Å². The molecule has 17 heavy (non-hydrogen) atoms. The molecule has 2 N–H and O–H groups in total. The number of aliphatic hydroxyl groups excluding tert-OH is 1. The van der Waals surface area contributed by atoms with E-state index in [1.807, 2.05) is 0 Å². The van der Waals surface area contributed by atoms with E-state index < -0.39 is 11.7 Å². The molecule has 0 radical (unpaired) electrons. The number of hydrogen-bond acceptors (Lipinski definition) is 4. The predicted octanol–water partition coefficient (Wildman–Crippen LogP) is 1.85. The van der Waals surface area contributed by atoms with Gasteiger partial charge in [0.15, 0.2) is 5.76 Å². The maximum absolute atomic E-state index is 11.9. The highest BCUT2D eigenvalue weighted by atomic mass is 32.2. The molecule has 1 aromatic heterocycles. The van der Waals surface area contributed by atoms with Gasteiger partial charge in [-0.25, -0.2) is 0 Å². The zero-order chi connectivity index (χ0) is 12.8. The van der Waals surface area contributed by atoms with Crippen LogP contribution in [0.3, 0.4) is 0 Å². The number of amides is 1. The number of furan rings is 1. The SMILES string of the molecule is C[C@@H](CO)NC(=O)c1ccc(CSC(F)F)o1. The lowest BCUT2D eigenvalue weighted by molar-refractivity contribution is 0.0893. The monoisotopic (exact) mass is 265 g/mol. The Bertz CT molecular complexity index is 370. The quantitative estimate of drug-likeness (QED) is 0.824. The second-order valence-electron chi connectivity index (χ2n) is 3.39. The van der Waals surface area contributed by atoms with Crippen molar-refractivity contribution in [2.24, 2.45) is 0 Å². The van der Waals surface area contributed by atoms with Crippen LogP contribution in [-0.2, 0) is 5.75 Å². The molecular formula is C10H13F2NO3S. The van der Waals surface area contributed by atoms with Gasteiger partial charge in [-0.1, -0.05) is 11.8 Å². The smallest absolute Gasteiger partial charge is 0.287 e. The summed E-state index contributed by atoms with van der Waals surface area (Å²) in [7, 11) is 0. The summed E-state index contributed by atoms with van der Waals surface area (Å²) in [6.07, 6.45) is 0. The average molecular weight is 265 g/mol. The second-order valence-corrected chi connectivity index (χ2v) is 4.37. The first kappa shape index (κ1) is 14.0. The van der Waals surface area contributed by atoms with Gasteiger partial charge >= 0.3 is 0 Å². The molecule has 0 saturated heterocycles. The van der Waals surface area contributed by atoms with E-state index >= 15 is 0 Å². The molecular weight excluding hydrogens is 252 g/mol. The number of alkyl halides is 2. The maximum atomic E-state index is 11.9. The van der Waals surface area contributed by atoms with Crippen LogP contribution in [0.4, 0.5) is 8.78 Å². The Hall–Kier alpha value is -1.08. The van der Waals surface area contributed by atoms with Crippen LogP contribution >= 0.6 is 11.8 Å². The molecule has 0 aliphatic carbocycles. The van der Waals surface area contributed by atoms with E-state index in [-0.39, 0.29) is 24.2 Å². The molecule has 0 aliphatic rings. The van der Waals surface area contributed by atoms with Gasteiger partial charge in [-0.05, 0) is 19.1 Å². The van der Waals surface area contributed by atoms with Crippen LogP contribution < -0.4 is 5.32 Å². The van der Waals surface area contributed by atoms with Gasteiger partial charge in [0.1, 0.15) is 5.76 Å². The molecule has 0 unspecified atom stereocenters. The van der Waals surface area contributed by atoms with Crippen molar-refractivity contribution in [2.45, 2.75) is 24.5 Å². The normalized spacial score (nSPS) is 12.8. The lowest BCUT2D eigenvalue weighted by Crippen LogP contribution is -2.34. The van der Waals surface area contributed by atoms with Gasteiger partial charge in [0.25, 0.3) is 11.7 Å². The summed E-state index contributed by atoms with van der Waals surface area (Å²) in [4.78, 5) is 11.5. The van der Waals surface area contributed by atoms with Crippen molar-refractivity contribution < 1.29 is 23.1 Å². The zero-order valence-corrected chi connectivity index (χ0v) is 9.97. The van der Waals surface area contributed by atoms with Crippen LogP contribution in [0.1, 0.15) is 23.2 Å². The molecule has 0 spiro atoms. The fourth-order valence-corrected chi connectivity index (χ4v) is 1.51. The Morgan fingerprint density at radius 1 is 1.59 bits per heavy atom. The molecule has 1 rings (SSSR count). The fraction of sp³-hybridized carbons (Fsp3) is 0.500. The maximum Gasteiger partial charge on any atom is 0.287 e. The highest BCUT2D eigenvalue weighted by Crippen LogP contribution is 2.21. The van der Waals surface area contributed by atoms with E-state index in [0.717, 1.165) is 0 Å². The molecule has 0 bridgehead atoms. The van der Waals surface area contributed by atoms with Crippen molar-refractivity contribution in [3.63, 3.8) is 0 Å². The minimum atomic E-state index is -2.47. The van der Waals surface area contributed by atoms with E-state index in [1.54, 1.807) is 6.92 Å². The number of aliphatic hydroxyl groups is 1. The average Bonchev–Trinajstić information content (AvgIpc) is 2.74. The van der Waals surface area contributed by atoms with Crippen molar-refractivity contribution in [1.82, 2.24) is 5.32 Å². The van der Waals surface area contributed by atoms with E-state index in [0.29, 0.717) is 17.5 Å². The minimum Gasteiger partial charge on any atom is -0.455 e. The summed E-state index contributed by atoms with van der Waals surface area (Å²) in [5.41, 5.74) is 0. The van der Waals surface area contributed by atoms with Crippen molar-refractivity contribution in [3.8, 4) is 0 Å². The van der Waals surface area contributed by atoms with Gasteiger partial charge in [0, 0.05) is 6.04 Å². The number of carbonyl (C=O) groups excluding carboxylic acids is 1. The molecule has 0 aromatic carbocycles. The number of halogens is 2. The first-order valence-corrected chi connectivity index (χ1v) is 5.98. The molecule has 1 heterocycles. The standard InChI is InChI=1S/C10H13F2NO3S/c1-6(4-14)13-9(15)8-3-2-7(16-8)5-17-10(11)12/h2-3,6,10,14H,4-5H2,1H3,(H,13,15)/t6-/m0/s1. The van der Waals surface area contributed by atoms with E-state index in [9.17, 15) is 13.6 Å². The molecule has 1 aromatic rings. The first-order chi connectivity index (χ1) is 8.02. The molecule has 0 aliphatic heterocycles. The molecule has 96 valence electrons. The largest absolute Gasteiger partial charge is 0.455 e. The summed E-state index contributed by atoms with van der Waals surface area (Å²) in [6.45, 7) is 1.45. The minimum absolute atomic E-state index is 0.0144. The summed E-state index contributed by atoms with van der Waals surface area (Å²) in [5.74, 6) is -2.56. The number of hydrogen-bond donors (Lipinski definition) is 2. The highest BCUT2D eigenvalue weighted by Gasteiger charge is 2.14. The zero-order valence-electron chi connectivity index (χ0n) is 9.15. The summed E-state index contributed by atoms with van der Waals surface area (Å²) < 4.78 is 28.9. The van der Waals surface area contributed by atoms with Gasteiger partial charge < -0.3 is 14.8 Å². The van der Waals surface area contributed by atoms with Crippen LogP contribution in [0.15, 0.2) is 16.5 Å². The third-order valence-electron chi connectivity index (χ3n) is 1.89. The Morgan fingerprint density at radius 2 is 2.29 bits per heavy atom. The van der Waals surface area contributed by atoms with Gasteiger partial charge in [-0.15, -0.1) is 0 Å². The Kier molecular flexibility index (Phi) is 5.43. The Labute approximate surface area is 101 Å². The van der Waals surface area contributed by atoms with E-state index in [4.69, 9.17) is 9.52 Å². The van der Waals surface area contributed by atoms with Gasteiger partial charge in [0.2, 0.25) is 0 Å². The topological polar surface area (TPSA) is 62.5 Å². The summed E-state index contributed by atoms with van der Waals surface area (Å²) in [5, 5.41) is 11.2. The predicted molar refractivity (Wildman–Crippen MR) is 60.0 cm³/mol. The first-order valence-electron chi connectivity index (χ1n) is 4.93. The van der Waals surface area contributed by atoms with Crippen LogP contribution in [0, 0.1) is 0 Å². The third kappa shape index (κ3) is 4.74.